The molecule has 0 unspecified atom stereocenters. The van der Waals surface area contributed by atoms with Crippen molar-refractivity contribution in [2.24, 2.45) is 0 Å². The number of nitrogens with zero attached hydrogens (tertiary/aromatic N) is 4. The van der Waals surface area contributed by atoms with Crippen molar-refractivity contribution in [2.75, 3.05) is 24.5 Å². The van der Waals surface area contributed by atoms with Crippen molar-refractivity contribution < 1.29 is 4.79 Å². The molecule has 1 saturated heterocycles. The van der Waals surface area contributed by atoms with Gasteiger partial charge in [-0.05, 0) is 25.3 Å². The molecule has 1 aromatic carbocycles. The van der Waals surface area contributed by atoms with Crippen molar-refractivity contribution in [3.8, 4) is 12.3 Å². The minimum atomic E-state index is -0.281. The number of aromatic nitrogens is 2. The number of hydrogen-bond acceptors (Lipinski definition) is 4. The normalized spacial score (nSPS) is 13.5. The number of anilines is 1. The molecule has 0 atom stereocenters. The summed E-state index contributed by atoms with van der Waals surface area (Å²) >= 11 is 6.22. The van der Waals surface area contributed by atoms with E-state index in [4.69, 9.17) is 18.0 Å². The van der Waals surface area contributed by atoms with Gasteiger partial charge in [0.25, 0.3) is 5.91 Å². The molecule has 0 spiro atoms. The standard InChI is InChI=1S/C20H21ClN4O/c1-3-10-25(14-16-8-6-15(2)7-9-16)19(26)18-17(21)13-22-20(23-18)24-11-4-5-12-24/h1,6-9,13H,4-5,10-12,14H2,2H3. The predicted molar refractivity (Wildman–Crippen MR) is 103 cm³/mol. The zero-order chi connectivity index (χ0) is 18.5. The van der Waals surface area contributed by atoms with Crippen LogP contribution in [-0.4, -0.2) is 40.4 Å². The maximum Gasteiger partial charge on any atom is 0.275 e. The van der Waals surface area contributed by atoms with Crippen LogP contribution in [0.2, 0.25) is 5.02 Å². The van der Waals surface area contributed by atoms with E-state index in [1.165, 1.54) is 6.20 Å². The first-order valence-corrected chi connectivity index (χ1v) is 9.02. The molecule has 3 rings (SSSR count). The van der Waals surface area contributed by atoms with E-state index in [0.717, 1.165) is 37.1 Å². The first-order chi connectivity index (χ1) is 12.6. The minimum absolute atomic E-state index is 0.187. The molecule has 1 aromatic heterocycles. The number of carbonyl (C=O) groups excluding carboxylic acids is 1. The highest BCUT2D eigenvalue weighted by molar-refractivity contribution is 6.33. The molecular formula is C20H21ClN4O. The van der Waals surface area contributed by atoms with Gasteiger partial charge < -0.3 is 9.80 Å². The molecule has 1 amide bonds. The number of halogens is 1. The van der Waals surface area contributed by atoms with E-state index in [1.54, 1.807) is 4.90 Å². The molecule has 0 radical (unpaired) electrons. The Kier molecular flexibility index (Phi) is 5.75. The van der Waals surface area contributed by atoms with Crippen LogP contribution in [0.3, 0.4) is 0 Å². The Labute approximate surface area is 159 Å². The first kappa shape index (κ1) is 18.2. The summed E-state index contributed by atoms with van der Waals surface area (Å²) < 4.78 is 0. The smallest absolute Gasteiger partial charge is 0.275 e. The van der Waals surface area contributed by atoms with Gasteiger partial charge in [0.15, 0.2) is 5.69 Å². The van der Waals surface area contributed by atoms with Crippen LogP contribution >= 0.6 is 11.6 Å². The highest BCUT2D eigenvalue weighted by atomic mass is 35.5. The Morgan fingerprint density at radius 2 is 2.00 bits per heavy atom. The van der Waals surface area contributed by atoms with E-state index in [2.05, 4.69) is 20.8 Å². The highest BCUT2D eigenvalue weighted by Gasteiger charge is 2.23. The maximum absolute atomic E-state index is 13.0. The molecule has 0 saturated carbocycles. The van der Waals surface area contributed by atoms with Crippen LogP contribution in [0.1, 0.15) is 34.5 Å². The van der Waals surface area contributed by atoms with Crippen molar-refractivity contribution in [3.63, 3.8) is 0 Å². The zero-order valence-corrected chi connectivity index (χ0v) is 15.5. The molecule has 2 heterocycles. The molecule has 1 aliphatic heterocycles. The van der Waals surface area contributed by atoms with Crippen molar-refractivity contribution >= 4 is 23.5 Å². The molecule has 134 valence electrons. The molecule has 1 fully saturated rings. The molecular weight excluding hydrogens is 348 g/mol. The predicted octanol–water partition coefficient (Wildman–Crippen LogP) is 3.31. The van der Waals surface area contributed by atoms with Gasteiger partial charge in [0.1, 0.15) is 0 Å². The topological polar surface area (TPSA) is 49.3 Å². The Morgan fingerprint density at radius 1 is 1.31 bits per heavy atom. The second-order valence-corrected chi connectivity index (χ2v) is 6.82. The van der Waals surface area contributed by atoms with Gasteiger partial charge in [-0.1, -0.05) is 47.4 Å². The molecule has 0 N–H and O–H groups in total. The lowest BCUT2D eigenvalue weighted by molar-refractivity contribution is 0.0760. The van der Waals surface area contributed by atoms with Crippen LogP contribution in [-0.2, 0) is 6.54 Å². The first-order valence-electron chi connectivity index (χ1n) is 8.64. The number of rotatable bonds is 5. The molecule has 26 heavy (non-hydrogen) atoms. The lowest BCUT2D eigenvalue weighted by Gasteiger charge is -2.22. The Morgan fingerprint density at radius 3 is 2.65 bits per heavy atom. The monoisotopic (exact) mass is 368 g/mol. The van der Waals surface area contributed by atoms with Crippen molar-refractivity contribution in [1.29, 1.82) is 0 Å². The van der Waals surface area contributed by atoms with Gasteiger partial charge >= 0.3 is 0 Å². The summed E-state index contributed by atoms with van der Waals surface area (Å²) in [6.45, 7) is 4.41. The lowest BCUT2D eigenvalue weighted by Crippen LogP contribution is -2.32. The Bertz CT molecular complexity index is 823. The van der Waals surface area contributed by atoms with Gasteiger partial charge in [0.2, 0.25) is 5.95 Å². The van der Waals surface area contributed by atoms with Gasteiger partial charge in [-0.2, -0.15) is 0 Å². The second-order valence-electron chi connectivity index (χ2n) is 6.41. The third-order valence-electron chi connectivity index (χ3n) is 4.39. The molecule has 5 nitrogen and oxygen atoms in total. The quantitative estimate of drug-likeness (QED) is 0.760. The van der Waals surface area contributed by atoms with E-state index in [-0.39, 0.29) is 23.2 Å². The average Bonchev–Trinajstić information content (AvgIpc) is 3.18. The largest absolute Gasteiger partial charge is 0.341 e. The Balaban J connectivity index is 1.85. The number of carbonyl (C=O) groups is 1. The molecule has 1 aliphatic rings. The van der Waals surface area contributed by atoms with Crippen LogP contribution < -0.4 is 4.90 Å². The summed E-state index contributed by atoms with van der Waals surface area (Å²) in [5.74, 6) is 2.81. The molecule has 2 aromatic rings. The summed E-state index contributed by atoms with van der Waals surface area (Å²) in [5, 5.41) is 0.240. The third-order valence-corrected chi connectivity index (χ3v) is 4.66. The fourth-order valence-electron chi connectivity index (χ4n) is 2.95. The molecule has 0 aliphatic carbocycles. The number of aryl methyl sites for hydroxylation is 1. The zero-order valence-electron chi connectivity index (χ0n) is 14.8. The van der Waals surface area contributed by atoms with Crippen molar-refractivity contribution in [3.05, 3.63) is 52.3 Å². The second kappa shape index (κ2) is 8.20. The summed E-state index contributed by atoms with van der Waals surface area (Å²) in [7, 11) is 0. The minimum Gasteiger partial charge on any atom is -0.341 e. The average molecular weight is 369 g/mol. The third kappa shape index (κ3) is 4.14. The highest BCUT2D eigenvalue weighted by Crippen LogP contribution is 2.21. The maximum atomic E-state index is 13.0. The number of benzene rings is 1. The van der Waals surface area contributed by atoms with E-state index in [9.17, 15) is 4.79 Å². The van der Waals surface area contributed by atoms with Crippen molar-refractivity contribution in [1.82, 2.24) is 14.9 Å². The molecule has 0 bridgehead atoms. The SMILES string of the molecule is C#CCN(Cc1ccc(C)cc1)C(=O)c1nc(N2CCCC2)ncc1Cl. The van der Waals surface area contributed by atoms with E-state index in [1.807, 2.05) is 31.2 Å². The van der Waals surface area contributed by atoms with Gasteiger partial charge in [-0.25, -0.2) is 9.97 Å². The van der Waals surface area contributed by atoms with Crippen LogP contribution in [0.4, 0.5) is 5.95 Å². The Hall–Kier alpha value is -2.58. The van der Waals surface area contributed by atoms with Gasteiger partial charge in [-0.3, -0.25) is 4.79 Å². The van der Waals surface area contributed by atoms with Gasteiger partial charge in [-0.15, -0.1) is 6.42 Å². The van der Waals surface area contributed by atoms with Crippen LogP contribution in [0, 0.1) is 19.3 Å². The van der Waals surface area contributed by atoms with Crippen LogP contribution in [0.5, 0.6) is 0 Å². The van der Waals surface area contributed by atoms with E-state index >= 15 is 0 Å². The summed E-state index contributed by atoms with van der Waals surface area (Å²) in [5.41, 5.74) is 2.37. The van der Waals surface area contributed by atoms with Crippen molar-refractivity contribution in [2.45, 2.75) is 26.3 Å². The van der Waals surface area contributed by atoms with Crippen LogP contribution in [0.15, 0.2) is 30.5 Å². The fourth-order valence-corrected chi connectivity index (χ4v) is 3.12. The summed E-state index contributed by atoms with van der Waals surface area (Å²) in [6.07, 6.45) is 9.17. The van der Waals surface area contributed by atoms with E-state index < -0.39 is 0 Å². The van der Waals surface area contributed by atoms with Gasteiger partial charge in [0, 0.05) is 19.6 Å². The van der Waals surface area contributed by atoms with Gasteiger partial charge in [0.05, 0.1) is 17.8 Å². The fraction of sp³-hybridized carbons (Fsp3) is 0.350. The van der Waals surface area contributed by atoms with E-state index in [0.29, 0.717) is 12.5 Å². The molecule has 6 heteroatoms. The summed E-state index contributed by atoms with van der Waals surface area (Å²) in [6, 6.07) is 8.00. The van der Waals surface area contributed by atoms with Crippen LogP contribution in [0.25, 0.3) is 0 Å². The number of amides is 1. The summed E-state index contributed by atoms with van der Waals surface area (Å²) in [4.78, 5) is 25.4. The lowest BCUT2D eigenvalue weighted by atomic mass is 10.1. The number of hydrogen-bond donors (Lipinski definition) is 0. The number of terminal acetylenes is 1.